The molecule has 0 heterocycles. The van der Waals surface area contributed by atoms with Crippen molar-refractivity contribution in [3.05, 3.63) is 35.9 Å². The molecule has 0 saturated carbocycles. The van der Waals surface area contributed by atoms with Gasteiger partial charge in [-0.15, -0.1) is 0 Å². The first-order chi connectivity index (χ1) is 8.77. The summed E-state index contributed by atoms with van der Waals surface area (Å²) >= 11 is 0. The molecule has 2 N–H and O–H groups in total. The number of hydrogen-bond donors (Lipinski definition) is 2. The minimum atomic E-state index is -0.418. The van der Waals surface area contributed by atoms with E-state index in [1.165, 1.54) is 0 Å². The number of carbonyl (C=O) groups is 1. The van der Waals surface area contributed by atoms with Crippen LogP contribution in [0.1, 0.15) is 25.3 Å². The Labute approximate surface area is 108 Å². The lowest BCUT2D eigenvalue weighted by Gasteiger charge is -2.16. The van der Waals surface area contributed by atoms with Crippen LogP contribution in [0.3, 0.4) is 0 Å². The molecule has 0 bridgehead atoms. The minimum Gasteiger partial charge on any atom is -0.460 e. The van der Waals surface area contributed by atoms with E-state index in [-0.39, 0.29) is 19.2 Å². The van der Waals surface area contributed by atoms with Crippen molar-refractivity contribution in [2.45, 2.75) is 32.4 Å². The molecule has 1 aromatic carbocycles. The van der Waals surface area contributed by atoms with E-state index >= 15 is 0 Å². The summed E-state index contributed by atoms with van der Waals surface area (Å²) in [5, 5.41) is 12.0. The average Bonchev–Trinajstić information content (AvgIpc) is 2.42. The Balaban J connectivity index is 2.40. The van der Waals surface area contributed by atoms with Gasteiger partial charge in [-0.05, 0) is 24.9 Å². The van der Waals surface area contributed by atoms with E-state index in [2.05, 4.69) is 5.32 Å². The van der Waals surface area contributed by atoms with Gasteiger partial charge in [-0.25, -0.2) is 0 Å². The molecule has 4 nitrogen and oxygen atoms in total. The molecule has 0 fully saturated rings. The lowest BCUT2D eigenvalue weighted by Crippen LogP contribution is -2.39. The standard InChI is InChI=1S/C14H21NO3/c1-2-9-15-13(8-10-16)14(17)18-11-12-6-4-3-5-7-12/h3-7,13,15-16H,2,8-11H2,1H3. The molecule has 18 heavy (non-hydrogen) atoms. The molecule has 0 aliphatic carbocycles. The van der Waals surface area contributed by atoms with Crippen molar-refractivity contribution in [3.63, 3.8) is 0 Å². The molecule has 1 rings (SSSR count). The smallest absolute Gasteiger partial charge is 0.323 e. The molecule has 0 saturated heterocycles. The first-order valence-electron chi connectivity index (χ1n) is 6.32. The topological polar surface area (TPSA) is 58.6 Å². The van der Waals surface area contributed by atoms with Crippen molar-refractivity contribution >= 4 is 5.97 Å². The van der Waals surface area contributed by atoms with Crippen molar-refractivity contribution in [1.82, 2.24) is 5.32 Å². The van der Waals surface area contributed by atoms with Crippen LogP contribution < -0.4 is 5.32 Å². The van der Waals surface area contributed by atoms with Crippen LogP contribution in [0.15, 0.2) is 30.3 Å². The van der Waals surface area contributed by atoms with Crippen LogP contribution in [0.5, 0.6) is 0 Å². The zero-order valence-electron chi connectivity index (χ0n) is 10.8. The first kappa shape index (κ1) is 14.7. The molecule has 1 atom stereocenters. The van der Waals surface area contributed by atoms with E-state index < -0.39 is 6.04 Å². The van der Waals surface area contributed by atoms with Crippen molar-refractivity contribution in [3.8, 4) is 0 Å². The summed E-state index contributed by atoms with van der Waals surface area (Å²) in [5.74, 6) is -0.304. The molecule has 0 aromatic heterocycles. The number of rotatable bonds is 8. The Bertz CT molecular complexity index is 340. The highest BCUT2D eigenvalue weighted by Crippen LogP contribution is 2.03. The van der Waals surface area contributed by atoms with E-state index in [0.717, 1.165) is 18.5 Å². The number of aliphatic hydroxyl groups is 1. The van der Waals surface area contributed by atoms with E-state index in [4.69, 9.17) is 9.84 Å². The number of nitrogens with one attached hydrogen (secondary N) is 1. The number of aliphatic hydroxyl groups excluding tert-OH is 1. The van der Waals surface area contributed by atoms with Gasteiger partial charge < -0.3 is 15.2 Å². The largest absolute Gasteiger partial charge is 0.460 e. The van der Waals surface area contributed by atoms with Crippen LogP contribution in [-0.4, -0.2) is 30.3 Å². The molecule has 0 amide bonds. The molecular formula is C14H21NO3. The lowest BCUT2D eigenvalue weighted by atomic mass is 10.2. The lowest BCUT2D eigenvalue weighted by molar-refractivity contribution is -0.148. The second kappa shape index (κ2) is 8.66. The molecule has 0 radical (unpaired) electrons. The normalized spacial score (nSPS) is 12.1. The number of carbonyl (C=O) groups excluding carboxylic acids is 1. The van der Waals surface area contributed by atoms with Gasteiger partial charge in [-0.1, -0.05) is 37.3 Å². The third-order valence-corrected chi connectivity index (χ3v) is 2.57. The SMILES string of the molecule is CCCNC(CCO)C(=O)OCc1ccccc1. The molecule has 100 valence electrons. The highest BCUT2D eigenvalue weighted by Gasteiger charge is 2.18. The number of benzene rings is 1. The summed E-state index contributed by atoms with van der Waals surface area (Å²) in [6.07, 6.45) is 1.32. The van der Waals surface area contributed by atoms with Crippen LogP contribution in [0.4, 0.5) is 0 Å². The molecule has 1 aromatic rings. The van der Waals surface area contributed by atoms with E-state index in [1.807, 2.05) is 37.3 Å². The maximum Gasteiger partial charge on any atom is 0.323 e. The van der Waals surface area contributed by atoms with Gasteiger partial charge in [0.25, 0.3) is 0 Å². The molecule has 1 unspecified atom stereocenters. The highest BCUT2D eigenvalue weighted by molar-refractivity contribution is 5.75. The average molecular weight is 251 g/mol. The molecule has 0 aliphatic rings. The van der Waals surface area contributed by atoms with Crippen LogP contribution in [0.2, 0.25) is 0 Å². The number of ether oxygens (including phenoxy) is 1. The molecule has 0 aliphatic heterocycles. The Kier molecular flexibility index (Phi) is 7.06. The van der Waals surface area contributed by atoms with E-state index in [9.17, 15) is 4.79 Å². The van der Waals surface area contributed by atoms with Gasteiger partial charge in [-0.3, -0.25) is 4.79 Å². The highest BCUT2D eigenvalue weighted by atomic mass is 16.5. The fourth-order valence-electron chi connectivity index (χ4n) is 1.58. The minimum absolute atomic E-state index is 0.0260. The fraction of sp³-hybridized carbons (Fsp3) is 0.500. The van der Waals surface area contributed by atoms with E-state index in [1.54, 1.807) is 0 Å². The fourth-order valence-corrected chi connectivity index (χ4v) is 1.58. The van der Waals surface area contributed by atoms with Crippen molar-refractivity contribution < 1.29 is 14.6 Å². The zero-order chi connectivity index (χ0) is 13.2. The van der Waals surface area contributed by atoms with Gasteiger partial charge in [0.15, 0.2) is 0 Å². The molecular weight excluding hydrogens is 230 g/mol. The summed E-state index contributed by atoms with van der Waals surface area (Å²) < 4.78 is 5.23. The third kappa shape index (κ3) is 5.29. The predicted octanol–water partition coefficient (Wildman–Crippen LogP) is 1.48. The number of hydrogen-bond acceptors (Lipinski definition) is 4. The van der Waals surface area contributed by atoms with Gasteiger partial charge in [-0.2, -0.15) is 0 Å². The zero-order valence-corrected chi connectivity index (χ0v) is 10.8. The summed E-state index contributed by atoms with van der Waals surface area (Å²) in [6, 6.07) is 9.14. The Hall–Kier alpha value is -1.39. The van der Waals surface area contributed by atoms with Crippen molar-refractivity contribution in [1.29, 1.82) is 0 Å². The summed E-state index contributed by atoms with van der Waals surface area (Å²) in [6.45, 7) is 3.01. The molecule has 0 spiro atoms. The summed E-state index contributed by atoms with van der Waals surface area (Å²) in [4.78, 5) is 11.8. The van der Waals surface area contributed by atoms with Gasteiger partial charge in [0, 0.05) is 6.61 Å². The monoisotopic (exact) mass is 251 g/mol. The third-order valence-electron chi connectivity index (χ3n) is 2.57. The first-order valence-corrected chi connectivity index (χ1v) is 6.32. The van der Waals surface area contributed by atoms with Crippen LogP contribution in [-0.2, 0) is 16.1 Å². The van der Waals surface area contributed by atoms with Gasteiger partial charge in [0.05, 0.1) is 0 Å². The number of esters is 1. The van der Waals surface area contributed by atoms with Gasteiger partial charge in [0.2, 0.25) is 0 Å². The van der Waals surface area contributed by atoms with Crippen molar-refractivity contribution in [2.24, 2.45) is 0 Å². The second-order valence-electron chi connectivity index (χ2n) is 4.11. The summed E-state index contributed by atoms with van der Waals surface area (Å²) in [7, 11) is 0. The Morgan fingerprint density at radius 2 is 2.11 bits per heavy atom. The Morgan fingerprint density at radius 1 is 1.39 bits per heavy atom. The predicted molar refractivity (Wildman–Crippen MR) is 70.0 cm³/mol. The molecule has 4 heteroatoms. The van der Waals surface area contributed by atoms with Crippen LogP contribution >= 0.6 is 0 Å². The second-order valence-corrected chi connectivity index (χ2v) is 4.11. The van der Waals surface area contributed by atoms with Gasteiger partial charge in [0.1, 0.15) is 12.6 Å². The summed E-state index contributed by atoms with van der Waals surface area (Å²) in [5.41, 5.74) is 0.962. The van der Waals surface area contributed by atoms with Crippen molar-refractivity contribution in [2.75, 3.05) is 13.2 Å². The van der Waals surface area contributed by atoms with Crippen LogP contribution in [0, 0.1) is 0 Å². The van der Waals surface area contributed by atoms with Gasteiger partial charge >= 0.3 is 5.97 Å². The van der Waals surface area contributed by atoms with E-state index in [0.29, 0.717) is 6.42 Å². The van der Waals surface area contributed by atoms with Crippen LogP contribution in [0.25, 0.3) is 0 Å². The maximum atomic E-state index is 11.8. The maximum absolute atomic E-state index is 11.8. The Morgan fingerprint density at radius 3 is 2.72 bits per heavy atom. The quantitative estimate of drug-likeness (QED) is 0.687.